The van der Waals surface area contributed by atoms with Crippen molar-refractivity contribution in [2.45, 2.75) is 112 Å². The normalized spacial score (nSPS) is 19.5. The summed E-state index contributed by atoms with van der Waals surface area (Å²) in [4.78, 5) is 116. The number of likely N-dealkylation sites (N-methyl/N-ethyl adjacent to an activating group) is 2. The minimum atomic E-state index is -0.665. The first-order valence-corrected chi connectivity index (χ1v) is 28.4. The van der Waals surface area contributed by atoms with Gasteiger partial charge in [0.05, 0.1) is 45.6 Å². The molecule has 8 aromatic rings. The van der Waals surface area contributed by atoms with Crippen molar-refractivity contribution in [1.29, 1.82) is 0 Å². The van der Waals surface area contributed by atoms with Crippen molar-refractivity contribution < 1.29 is 28.0 Å². The fraction of sp³-hybridized carbons (Fsp3) is 0.344. The molecule has 18 nitrogen and oxygen atoms in total. The van der Waals surface area contributed by atoms with Crippen LogP contribution < -0.4 is 33.1 Å². The van der Waals surface area contributed by atoms with E-state index in [1.165, 1.54) is 18.3 Å². The van der Waals surface area contributed by atoms with Gasteiger partial charge in [0.1, 0.15) is 24.2 Å². The SMILES string of the molecule is CN(C)C1(C(=O)NC2CCC(n3c(=O)c4cc(F)cnc4n(-c4cccc(-c5ccc(C=O)cc5)c4)c3=O)CC2)CC1.CN(C)C1(C(=O)NC2CCC(n3c(=O)c4cc(F)cnc4n(-c4cccc(-c5ccc(C=O)cc5)c4)c3=O)CC2)CC1. The van der Waals surface area contributed by atoms with Crippen LogP contribution in [0, 0.1) is 11.6 Å². The third-order valence-electron chi connectivity index (χ3n) is 17.6. The summed E-state index contributed by atoms with van der Waals surface area (Å²) in [5, 5.41) is 6.40. The average molecular weight is 1140 g/mol. The molecule has 0 unspecified atom stereocenters. The number of fused-ring (bicyclic) bond motifs is 2. The molecule has 0 aliphatic heterocycles. The Hall–Kier alpha value is -8.88. The molecule has 4 aromatic carbocycles. The number of pyridine rings is 2. The zero-order valence-electron chi connectivity index (χ0n) is 47.1. The monoisotopic (exact) mass is 1140 g/mol. The minimum absolute atomic E-state index is 0.0208. The molecular weight excluding hydrogens is 1070 g/mol. The van der Waals surface area contributed by atoms with Crippen LogP contribution in [0.2, 0.25) is 0 Å². The number of carbonyl (C=O) groups is 4. The van der Waals surface area contributed by atoms with E-state index < -0.39 is 57.3 Å². The predicted octanol–water partition coefficient (Wildman–Crippen LogP) is 7.72. The number of hydrogen-bond acceptors (Lipinski definition) is 12. The van der Waals surface area contributed by atoms with Crippen molar-refractivity contribution in [3.63, 3.8) is 0 Å². The molecule has 0 spiro atoms. The average Bonchev–Trinajstić information content (AvgIpc) is 2.12. The highest BCUT2D eigenvalue weighted by molar-refractivity contribution is 5.90. The highest BCUT2D eigenvalue weighted by Crippen LogP contribution is 2.42. The van der Waals surface area contributed by atoms with E-state index in [0.717, 1.165) is 85.0 Å². The smallest absolute Gasteiger partial charge is 0.337 e. The number of nitrogens with one attached hydrogen (secondary N) is 2. The van der Waals surface area contributed by atoms with Crippen LogP contribution in [-0.4, -0.2) is 114 Å². The van der Waals surface area contributed by atoms with Crippen LogP contribution in [0.3, 0.4) is 0 Å². The van der Waals surface area contributed by atoms with Gasteiger partial charge in [-0.1, -0.05) is 72.8 Å². The molecule has 0 bridgehead atoms. The first kappa shape index (κ1) is 57.0. The molecule has 4 heterocycles. The molecule has 4 aliphatic carbocycles. The lowest BCUT2D eigenvalue weighted by Gasteiger charge is -2.32. The molecule has 20 heteroatoms. The fourth-order valence-electron chi connectivity index (χ4n) is 12.2. The molecule has 432 valence electrons. The minimum Gasteiger partial charge on any atom is -0.352 e. The number of benzene rings is 4. The molecule has 0 saturated heterocycles. The van der Waals surface area contributed by atoms with Crippen molar-refractivity contribution in [1.82, 2.24) is 48.7 Å². The maximum Gasteiger partial charge on any atom is 0.337 e. The standard InChI is InChI=1S/2C32H32FN5O4/c2*1-36(2)32(14-15-32)30(41)35-24-10-12-25(13-11-24)38-29(40)27-17-23(33)18-34-28(27)37(31(38)42)26-5-3-4-22(16-26)21-8-6-20(19-39)7-9-21/h2*3-9,16-19,24-25H,10-15H2,1-2H3,(H,35,41). The number of nitrogens with zero attached hydrogens (tertiary/aromatic N) is 8. The van der Waals surface area contributed by atoms with Crippen molar-refractivity contribution >= 4 is 46.5 Å². The van der Waals surface area contributed by atoms with E-state index in [2.05, 4.69) is 20.6 Å². The second-order valence-corrected chi connectivity index (χ2v) is 23.0. The summed E-state index contributed by atoms with van der Waals surface area (Å²) in [7, 11) is 7.66. The van der Waals surface area contributed by atoms with Crippen molar-refractivity contribution in [2.24, 2.45) is 0 Å². The molecule has 4 aromatic heterocycles. The summed E-state index contributed by atoms with van der Waals surface area (Å²) in [6, 6.07) is 30.0. The molecule has 4 aliphatic rings. The van der Waals surface area contributed by atoms with E-state index in [1.807, 2.05) is 86.5 Å². The Labute approximate surface area is 481 Å². The van der Waals surface area contributed by atoms with Crippen LogP contribution in [0.25, 0.3) is 55.7 Å². The van der Waals surface area contributed by atoms with Crippen LogP contribution in [0.5, 0.6) is 0 Å². The molecule has 0 radical (unpaired) electrons. The Morgan fingerprint density at radius 2 is 0.869 bits per heavy atom. The summed E-state index contributed by atoms with van der Waals surface area (Å²) < 4.78 is 33.9. The summed E-state index contributed by atoms with van der Waals surface area (Å²) in [6.07, 6.45) is 11.5. The largest absolute Gasteiger partial charge is 0.352 e. The second-order valence-electron chi connectivity index (χ2n) is 23.0. The summed E-state index contributed by atoms with van der Waals surface area (Å²) in [5.74, 6) is -1.27. The van der Waals surface area contributed by atoms with Gasteiger partial charge in [-0.3, -0.25) is 47.7 Å². The summed E-state index contributed by atoms with van der Waals surface area (Å²) >= 11 is 0. The summed E-state index contributed by atoms with van der Waals surface area (Å²) in [6.45, 7) is 0. The maximum atomic E-state index is 14.3. The van der Waals surface area contributed by atoms with Gasteiger partial charge < -0.3 is 10.6 Å². The van der Waals surface area contributed by atoms with E-state index in [4.69, 9.17) is 0 Å². The number of hydrogen-bond donors (Lipinski definition) is 2. The highest BCUT2D eigenvalue weighted by Gasteiger charge is 2.53. The van der Waals surface area contributed by atoms with Gasteiger partial charge in [-0.2, -0.15) is 0 Å². The van der Waals surface area contributed by atoms with Gasteiger partial charge in [-0.25, -0.2) is 37.5 Å². The third-order valence-corrected chi connectivity index (χ3v) is 17.6. The van der Waals surface area contributed by atoms with Crippen molar-refractivity contribution in [2.75, 3.05) is 28.2 Å². The Balaban J connectivity index is 0.000000175. The Bertz CT molecular complexity index is 3860. The van der Waals surface area contributed by atoms with E-state index in [1.54, 1.807) is 48.5 Å². The predicted molar refractivity (Wildman–Crippen MR) is 315 cm³/mol. The Morgan fingerprint density at radius 1 is 0.512 bits per heavy atom. The van der Waals surface area contributed by atoms with Crippen LogP contribution >= 0.6 is 0 Å². The number of amides is 2. The number of carbonyl (C=O) groups excluding carboxylic acids is 4. The molecule has 84 heavy (non-hydrogen) atoms. The van der Waals surface area contributed by atoms with E-state index in [0.29, 0.717) is 73.9 Å². The third kappa shape index (κ3) is 10.9. The van der Waals surface area contributed by atoms with Crippen molar-refractivity contribution in [3.05, 3.63) is 186 Å². The number of aromatic nitrogens is 6. The van der Waals surface area contributed by atoms with E-state index in [-0.39, 0.29) is 46.0 Å². The first-order chi connectivity index (χ1) is 40.4. The van der Waals surface area contributed by atoms with Gasteiger partial charge in [0, 0.05) is 35.3 Å². The number of halogens is 2. The van der Waals surface area contributed by atoms with Crippen LogP contribution in [0.4, 0.5) is 8.78 Å². The topological polar surface area (TPSA) is 213 Å². The second kappa shape index (κ2) is 23.0. The maximum absolute atomic E-state index is 14.3. The molecule has 12 rings (SSSR count). The molecule has 2 amide bonds. The lowest BCUT2D eigenvalue weighted by Crippen LogP contribution is -2.50. The Morgan fingerprint density at radius 3 is 1.19 bits per heavy atom. The molecule has 0 atom stereocenters. The van der Waals surface area contributed by atoms with Crippen LogP contribution in [0.1, 0.15) is 110 Å². The molecular formula is C64H64F2N10O8. The van der Waals surface area contributed by atoms with Gasteiger partial charge in [0.25, 0.3) is 11.1 Å². The van der Waals surface area contributed by atoms with E-state index in [9.17, 15) is 47.1 Å². The molecule has 2 N–H and O–H groups in total. The van der Waals surface area contributed by atoms with Gasteiger partial charge in [0.2, 0.25) is 11.8 Å². The van der Waals surface area contributed by atoms with Gasteiger partial charge >= 0.3 is 11.4 Å². The lowest BCUT2D eigenvalue weighted by molar-refractivity contribution is -0.128. The van der Waals surface area contributed by atoms with E-state index >= 15 is 0 Å². The zero-order valence-corrected chi connectivity index (χ0v) is 47.1. The quantitative estimate of drug-likeness (QED) is 0.100. The first-order valence-electron chi connectivity index (χ1n) is 28.4. The van der Waals surface area contributed by atoms with Gasteiger partial charge in [0.15, 0.2) is 11.3 Å². The molecule has 4 saturated carbocycles. The van der Waals surface area contributed by atoms with Gasteiger partial charge in [-0.15, -0.1) is 0 Å². The zero-order chi connectivity index (χ0) is 59.2. The number of rotatable bonds is 14. The molecule has 4 fully saturated rings. The van der Waals surface area contributed by atoms with Crippen LogP contribution in [-0.2, 0) is 9.59 Å². The van der Waals surface area contributed by atoms with Gasteiger partial charge in [-0.05, 0) is 164 Å². The Kier molecular flexibility index (Phi) is 15.6. The fourth-order valence-corrected chi connectivity index (χ4v) is 12.2. The summed E-state index contributed by atoms with van der Waals surface area (Å²) in [5.41, 5.74) is 2.41. The number of aldehydes is 2. The lowest BCUT2D eigenvalue weighted by atomic mass is 9.90. The van der Waals surface area contributed by atoms with Crippen LogP contribution in [0.15, 0.2) is 141 Å². The highest BCUT2D eigenvalue weighted by atomic mass is 19.1. The van der Waals surface area contributed by atoms with Crippen molar-refractivity contribution in [3.8, 4) is 33.6 Å².